The number of hydrogen-bond donors (Lipinski definition) is 2. The monoisotopic (exact) mass is 463 g/mol. The van der Waals surface area contributed by atoms with Gasteiger partial charge in [0, 0.05) is 6.54 Å². The van der Waals surface area contributed by atoms with Crippen molar-refractivity contribution in [1.29, 1.82) is 0 Å². The summed E-state index contributed by atoms with van der Waals surface area (Å²) >= 11 is 0. The van der Waals surface area contributed by atoms with Crippen LogP contribution in [0.4, 0.5) is 4.79 Å². The van der Waals surface area contributed by atoms with Crippen LogP contribution in [0.5, 0.6) is 11.5 Å². The van der Waals surface area contributed by atoms with E-state index in [-0.39, 0.29) is 17.9 Å². The number of piperidine rings is 1. The van der Waals surface area contributed by atoms with Crippen molar-refractivity contribution in [1.82, 2.24) is 15.5 Å². The number of ether oxygens (including phenoxy) is 2. The quantitative estimate of drug-likeness (QED) is 0.586. The fraction of sp³-hybridized carbons (Fsp3) is 0.481. The van der Waals surface area contributed by atoms with Crippen LogP contribution in [0.1, 0.15) is 37.3 Å². The molecule has 3 amide bonds. The van der Waals surface area contributed by atoms with Gasteiger partial charge in [0.25, 0.3) is 5.91 Å². The van der Waals surface area contributed by atoms with Gasteiger partial charge in [-0.05, 0) is 80.3 Å². The Kier molecular flexibility index (Phi) is 6.46. The number of amides is 3. The maximum Gasteiger partial charge on any atom is 0.322 e. The number of aryl methyl sites for hydroxylation is 1. The topological polar surface area (TPSA) is 79.9 Å². The number of carbonyl (C=O) groups excluding carboxylic acids is 2. The third-order valence-corrected chi connectivity index (χ3v) is 7.50. The second kappa shape index (κ2) is 9.66. The van der Waals surface area contributed by atoms with Gasteiger partial charge in [0.15, 0.2) is 11.5 Å². The molecule has 0 unspecified atom stereocenters. The van der Waals surface area contributed by atoms with E-state index >= 15 is 0 Å². The molecule has 3 heterocycles. The highest BCUT2D eigenvalue weighted by Crippen LogP contribution is 2.36. The molecule has 2 N–H and O–H groups in total. The van der Waals surface area contributed by atoms with Crippen molar-refractivity contribution in [3.8, 4) is 11.5 Å². The molecule has 2 aromatic carbocycles. The number of fused-ring (bicyclic) bond motifs is 1. The maximum atomic E-state index is 12.9. The molecule has 7 heteroatoms. The number of likely N-dealkylation sites (tertiary alicyclic amines) is 1. The molecule has 0 bridgehead atoms. The van der Waals surface area contributed by atoms with E-state index in [9.17, 15) is 9.59 Å². The molecule has 2 aromatic rings. The number of carbonyl (C=O) groups is 2. The lowest BCUT2D eigenvalue weighted by atomic mass is 9.74. The lowest BCUT2D eigenvalue weighted by Gasteiger charge is -2.41. The number of nitrogens with one attached hydrogen (secondary N) is 2. The molecule has 0 aliphatic carbocycles. The summed E-state index contributed by atoms with van der Waals surface area (Å²) in [6.07, 6.45) is 4.18. The standard InChI is InChI=1S/C27H33N3O4/c1-19(15-21-7-8-23-24(16-21)34-18-33-23)17-30-13-10-22(11-14-30)27(25(31)28-26(32)29-27)12-9-20-5-3-2-4-6-20/h2-8,16,19,22H,9-15,17-18H2,1H3,(H2,28,29,31,32)/t19-,27-/m1/s1. The van der Waals surface area contributed by atoms with E-state index in [0.29, 0.717) is 19.1 Å². The molecule has 2 fully saturated rings. The summed E-state index contributed by atoms with van der Waals surface area (Å²) in [7, 11) is 0. The highest BCUT2D eigenvalue weighted by Gasteiger charge is 2.51. The van der Waals surface area contributed by atoms with Crippen LogP contribution in [-0.2, 0) is 17.6 Å². The van der Waals surface area contributed by atoms with Crippen molar-refractivity contribution in [3.05, 3.63) is 59.7 Å². The van der Waals surface area contributed by atoms with E-state index in [1.165, 1.54) is 11.1 Å². The molecule has 2 atom stereocenters. The first-order valence-electron chi connectivity index (χ1n) is 12.3. The van der Waals surface area contributed by atoms with Gasteiger partial charge >= 0.3 is 6.03 Å². The SMILES string of the molecule is C[C@H](Cc1ccc2c(c1)OCO2)CN1CCC([C@@]2(CCc3ccccc3)NC(=O)NC2=O)CC1. The van der Waals surface area contributed by atoms with Crippen LogP contribution in [-0.4, -0.2) is 48.8 Å². The molecule has 34 heavy (non-hydrogen) atoms. The molecule has 180 valence electrons. The number of benzene rings is 2. The average Bonchev–Trinajstić information content (AvgIpc) is 3.42. The molecule has 0 saturated carbocycles. The smallest absolute Gasteiger partial charge is 0.322 e. The van der Waals surface area contributed by atoms with E-state index in [1.54, 1.807) is 0 Å². The van der Waals surface area contributed by atoms with Gasteiger partial charge in [-0.3, -0.25) is 10.1 Å². The molecule has 2 saturated heterocycles. The summed E-state index contributed by atoms with van der Waals surface area (Å²) in [6.45, 7) is 5.47. The van der Waals surface area contributed by atoms with Gasteiger partial charge in [-0.2, -0.15) is 0 Å². The molecular weight excluding hydrogens is 430 g/mol. The summed E-state index contributed by atoms with van der Waals surface area (Å²) in [5.74, 6) is 2.13. The highest BCUT2D eigenvalue weighted by atomic mass is 16.7. The van der Waals surface area contributed by atoms with Crippen molar-refractivity contribution < 1.29 is 19.1 Å². The van der Waals surface area contributed by atoms with Gasteiger partial charge in [0.05, 0.1) is 0 Å². The second-order valence-corrected chi connectivity index (χ2v) is 9.94. The van der Waals surface area contributed by atoms with Gasteiger partial charge in [0.1, 0.15) is 5.54 Å². The predicted octanol–water partition coefficient (Wildman–Crippen LogP) is 3.52. The number of hydrogen-bond acceptors (Lipinski definition) is 5. The summed E-state index contributed by atoms with van der Waals surface area (Å²) in [4.78, 5) is 27.5. The summed E-state index contributed by atoms with van der Waals surface area (Å²) in [5.41, 5.74) is 1.64. The minimum Gasteiger partial charge on any atom is -0.454 e. The van der Waals surface area contributed by atoms with E-state index in [1.807, 2.05) is 24.3 Å². The van der Waals surface area contributed by atoms with E-state index < -0.39 is 5.54 Å². The highest BCUT2D eigenvalue weighted by molar-refractivity contribution is 6.07. The van der Waals surface area contributed by atoms with Crippen molar-refractivity contribution >= 4 is 11.9 Å². The van der Waals surface area contributed by atoms with Gasteiger partial charge in [-0.1, -0.05) is 43.3 Å². The predicted molar refractivity (Wildman–Crippen MR) is 129 cm³/mol. The van der Waals surface area contributed by atoms with Crippen LogP contribution in [0.2, 0.25) is 0 Å². The van der Waals surface area contributed by atoms with Gasteiger partial charge in [-0.25, -0.2) is 4.79 Å². The first-order chi connectivity index (χ1) is 16.5. The summed E-state index contributed by atoms with van der Waals surface area (Å²) in [6, 6.07) is 16.0. The molecule has 0 spiro atoms. The normalized spacial score (nSPS) is 23.6. The van der Waals surface area contributed by atoms with E-state index in [0.717, 1.165) is 56.8 Å². The van der Waals surface area contributed by atoms with Crippen LogP contribution >= 0.6 is 0 Å². The lowest BCUT2D eigenvalue weighted by Crippen LogP contribution is -2.56. The maximum absolute atomic E-state index is 12.9. The largest absolute Gasteiger partial charge is 0.454 e. The van der Waals surface area contributed by atoms with Crippen LogP contribution < -0.4 is 20.1 Å². The summed E-state index contributed by atoms with van der Waals surface area (Å²) in [5, 5.41) is 5.53. The molecule has 7 nitrogen and oxygen atoms in total. The third kappa shape index (κ3) is 4.75. The van der Waals surface area contributed by atoms with Crippen molar-refractivity contribution in [3.63, 3.8) is 0 Å². The van der Waals surface area contributed by atoms with Gasteiger partial charge in [0.2, 0.25) is 6.79 Å². The first kappa shape index (κ1) is 22.7. The summed E-state index contributed by atoms with van der Waals surface area (Å²) < 4.78 is 10.9. The van der Waals surface area contributed by atoms with Crippen LogP contribution in [0, 0.1) is 11.8 Å². The molecular formula is C27H33N3O4. The Labute approximate surface area is 200 Å². The fourth-order valence-electron chi connectivity index (χ4n) is 5.74. The first-order valence-corrected chi connectivity index (χ1v) is 12.3. The Morgan fingerprint density at radius 2 is 1.79 bits per heavy atom. The van der Waals surface area contributed by atoms with Crippen LogP contribution in [0.3, 0.4) is 0 Å². The minimum absolute atomic E-state index is 0.142. The second-order valence-electron chi connectivity index (χ2n) is 9.94. The molecule has 0 radical (unpaired) electrons. The molecule has 3 aliphatic heterocycles. The van der Waals surface area contributed by atoms with Crippen LogP contribution in [0.15, 0.2) is 48.5 Å². The molecule has 0 aromatic heterocycles. The fourth-order valence-corrected chi connectivity index (χ4v) is 5.74. The number of rotatable bonds is 8. The number of nitrogens with zero attached hydrogens (tertiary/aromatic N) is 1. The average molecular weight is 464 g/mol. The third-order valence-electron chi connectivity index (χ3n) is 7.50. The Morgan fingerprint density at radius 1 is 1.03 bits per heavy atom. The van der Waals surface area contributed by atoms with E-state index in [2.05, 4.69) is 46.7 Å². The van der Waals surface area contributed by atoms with Gasteiger partial charge in [-0.15, -0.1) is 0 Å². The van der Waals surface area contributed by atoms with E-state index in [4.69, 9.17) is 9.47 Å². The molecule has 5 rings (SSSR count). The van der Waals surface area contributed by atoms with Crippen molar-refractivity contribution in [2.45, 2.75) is 44.6 Å². The van der Waals surface area contributed by atoms with Gasteiger partial charge < -0.3 is 19.7 Å². The minimum atomic E-state index is -0.808. The lowest BCUT2D eigenvalue weighted by molar-refractivity contribution is -0.127. The van der Waals surface area contributed by atoms with Crippen molar-refractivity contribution in [2.75, 3.05) is 26.4 Å². The Morgan fingerprint density at radius 3 is 2.53 bits per heavy atom. The zero-order valence-corrected chi connectivity index (χ0v) is 19.7. The zero-order valence-electron chi connectivity index (χ0n) is 19.7. The number of imide groups is 1. The molecule has 3 aliphatic rings. The van der Waals surface area contributed by atoms with Crippen molar-refractivity contribution in [2.24, 2.45) is 11.8 Å². The Balaban J connectivity index is 1.17. The Bertz CT molecular complexity index is 1040. The Hall–Kier alpha value is -3.06. The van der Waals surface area contributed by atoms with Crippen LogP contribution in [0.25, 0.3) is 0 Å². The number of urea groups is 1. The zero-order chi connectivity index (χ0) is 23.5.